The molecule has 112 valence electrons. The van der Waals surface area contributed by atoms with Crippen LogP contribution in [0.3, 0.4) is 0 Å². The molecule has 2 N–H and O–H groups in total. The Morgan fingerprint density at radius 2 is 1.95 bits per heavy atom. The van der Waals surface area contributed by atoms with Gasteiger partial charge in [-0.15, -0.1) is 0 Å². The van der Waals surface area contributed by atoms with Gasteiger partial charge in [0.2, 0.25) is 5.91 Å². The number of carboxylic acids is 1. The van der Waals surface area contributed by atoms with Gasteiger partial charge in [0.05, 0.1) is 12.0 Å². The zero-order chi connectivity index (χ0) is 14.9. The molecule has 0 rings (SSSR count). The minimum atomic E-state index is -1.02. The normalized spacial score (nSPS) is 14.2. The molecule has 0 spiro atoms. The Morgan fingerprint density at radius 3 is 2.42 bits per heavy atom. The average molecular weight is 273 g/mol. The molecule has 0 aromatic heterocycles. The lowest BCUT2D eigenvalue weighted by molar-refractivity contribution is -0.153. The molecule has 5 heteroatoms. The number of nitrogens with one attached hydrogen (secondary N) is 1. The molecule has 0 fully saturated rings. The highest BCUT2D eigenvalue weighted by atomic mass is 16.5. The first-order chi connectivity index (χ1) is 8.84. The van der Waals surface area contributed by atoms with E-state index < -0.39 is 11.4 Å². The van der Waals surface area contributed by atoms with Crippen LogP contribution in [0, 0.1) is 11.3 Å². The Labute approximate surface area is 115 Å². The van der Waals surface area contributed by atoms with Crippen molar-refractivity contribution in [3.8, 4) is 0 Å². The van der Waals surface area contributed by atoms with E-state index in [1.807, 2.05) is 13.8 Å². The number of carbonyl (C=O) groups excluding carboxylic acids is 1. The molecule has 5 nitrogen and oxygen atoms in total. The molecule has 0 aromatic rings. The molecule has 0 aliphatic rings. The predicted molar refractivity (Wildman–Crippen MR) is 73.9 cm³/mol. The lowest BCUT2D eigenvalue weighted by atomic mass is 9.76. The fourth-order valence-electron chi connectivity index (χ4n) is 1.53. The summed E-state index contributed by atoms with van der Waals surface area (Å²) in [6, 6.07) is 0. The Morgan fingerprint density at radius 1 is 1.32 bits per heavy atom. The molecule has 0 aromatic carbocycles. The largest absolute Gasteiger partial charge is 0.481 e. The monoisotopic (exact) mass is 273 g/mol. The maximum absolute atomic E-state index is 11.7. The molecule has 0 saturated heterocycles. The molecule has 0 aliphatic heterocycles. The van der Waals surface area contributed by atoms with E-state index in [1.54, 1.807) is 6.92 Å². The van der Waals surface area contributed by atoms with Crippen LogP contribution >= 0.6 is 0 Å². The molecule has 1 atom stereocenters. The van der Waals surface area contributed by atoms with Crippen LogP contribution in [0.4, 0.5) is 0 Å². The molecular formula is C14H27NO4. The number of amides is 1. The van der Waals surface area contributed by atoms with Gasteiger partial charge >= 0.3 is 5.97 Å². The van der Waals surface area contributed by atoms with Crippen LogP contribution in [0.25, 0.3) is 0 Å². The second-order valence-electron chi connectivity index (χ2n) is 5.37. The van der Waals surface area contributed by atoms with Crippen LogP contribution in [0.5, 0.6) is 0 Å². The Kier molecular flexibility index (Phi) is 8.39. The zero-order valence-corrected chi connectivity index (χ0v) is 12.5. The first kappa shape index (κ1) is 17.9. The van der Waals surface area contributed by atoms with Gasteiger partial charge in [-0.3, -0.25) is 9.59 Å². The quantitative estimate of drug-likeness (QED) is 0.597. The summed E-state index contributed by atoms with van der Waals surface area (Å²) >= 11 is 0. The number of hydrogen-bond donors (Lipinski definition) is 2. The number of carbonyl (C=O) groups is 2. The van der Waals surface area contributed by atoms with Gasteiger partial charge in [-0.25, -0.2) is 0 Å². The number of hydrogen-bond acceptors (Lipinski definition) is 3. The molecule has 0 radical (unpaired) electrons. The lowest BCUT2D eigenvalue weighted by Gasteiger charge is -2.28. The third-order valence-corrected chi connectivity index (χ3v) is 3.50. The first-order valence-corrected chi connectivity index (χ1v) is 6.92. The number of unbranched alkanes of at least 4 members (excludes halogenated alkanes) is 1. The Bertz CT molecular complexity index is 291. The molecule has 0 bridgehead atoms. The van der Waals surface area contributed by atoms with Crippen LogP contribution in [0.2, 0.25) is 0 Å². The van der Waals surface area contributed by atoms with Crippen LogP contribution in [-0.4, -0.2) is 36.7 Å². The van der Waals surface area contributed by atoms with Crippen LogP contribution < -0.4 is 5.32 Å². The second-order valence-corrected chi connectivity index (χ2v) is 5.37. The molecule has 1 unspecified atom stereocenters. The SMILES string of the molecule is CCCCOCCNC(=O)CC(C)(C(=O)O)C(C)C. The standard InChI is InChI=1S/C14H27NO4/c1-5-6-8-19-9-7-15-12(16)10-14(4,11(2)3)13(17)18/h11H,5-10H2,1-4H3,(H,15,16)(H,17,18). The van der Waals surface area contributed by atoms with Crippen molar-refractivity contribution in [2.75, 3.05) is 19.8 Å². The van der Waals surface area contributed by atoms with E-state index in [0.717, 1.165) is 12.8 Å². The third-order valence-electron chi connectivity index (χ3n) is 3.50. The first-order valence-electron chi connectivity index (χ1n) is 6.92. The molecule has 0 aliphatic carbocycles. The van der Waals surface area contributed by atoms with Gasteiger partial charge in [-0.05, 0) is 19.3 Å². The number of carboxylic acid groups (broad SMARTS) is 1. The summed E-state index contributed by atoms with van der Waals surface area (Å²) in [4.78, 5) is 23.0. The molecule has 0 heterocycles. The molecule has 1 amide bonds. The van der Waals surface area contributed by atoms with Gasteiger partial charge in [-0.2, -0.15) is 0 Å². The molecule has 0 saturated carbocycles. The highest BCUT2D eigenvalue weighted by Gasteiger charge is 2.38. The zero-order valence-electron chi connectivity index (χ0n) is 12.5. The fraction of sp³-hybridized carbons (Fsp3) is 0.857. The topological polar surface area (TPSA) is 75.6 Å². The van der Waals surface area contributed by atoms with Crippen LogP contribution in [0.15, 0.2) is 0 Å². The number of rotatable bonds is 10. The number of ether oxygens (including phenoxy) is 1. The number of aliphatic carboxylic acids is 1. The Balaban J connectivity index is 3.99. The van der Waals surface area contributed by atoms with Crippen molar-refractivity contribution >= 4 is 11.9 Å². The lowest BCUT2D eigenvalue weighted by Crippen LogP contribution is -2.39. The van der Waals surface area contributed by atoms with Gasteiger partial charge in [0.1, 0.15) is 0 Å². The maximum atomic E-state index is 11.7. The summed E-state index contributed by atoms with van der Waals surface area (Å²) in [5.74, 6) is -1.27. The maximum Gasteiger partial charge on any atom is 0.310 e. The van der Waals surface area contributed by atoms with Crippen molar-refractivity contribution in [1.82, 2.24) is 5.32 Å². The average Bonchev–Trinajstić information content (AvgIpc) is 2.32. The van der Waals surface area contributed by atoms with Gasteiger partial charge in [-0.1, -0.05) is 27.2 Å². The van der Waals surface area contributed by atoms with Crippen molar-refractivity contribution in [1.29, 1.82) is 0 Å². The van der Waals surface area contributed by atoms with Gasteiger partial charge in [0, 0.05) is 19.6 Å². The van der Waals surface area contributed by atoms with Crippen molar-refractivity contribution in [3.05, 3.63) is 0 Å². The van der Waals surface area contributed by atoms with Crippen molar-refractivity contribution in [2.24, 2.45) is 11.3 Å². The van der Waals surface area contributed by atoms with E-state index in [9.17, 15) is 14.7 Å². The van der Waals surface area contributed by atoms with E-state index in [2.05, 4.69) is 12.2 Å². The Hall–Kier alpha value is -1.10. The van der Waals surface area contributed by atoms with Crippen molar-refractivity contribution in [3.63, 3.8) is 0 Å². The smallest absolute Gasteiger partial charge is 0.310 e. The van der Waals surface area contributed by atoms with E-state index >= 15 is 0 Å². The van der Waals surface area contributed by atoms with E-state index in [4.69, 9.17) is 4.74 Å². The van der Waals surface area contributed by atoms with Gasteiger partial charge in [0.25, 0.3) is 0 Å². The highest BCUT2D eigenvalue weighted by Crippen LogP contribution is 2.31. The summed E-state index contributed by atoms with van der Waals surface area (Å²) in [5, 5.41) is 11.9. The van der Waals surface area contributed by atoms with Crippen molar-refractivity contribution < 1.29 is 19.4 Å². The molecule has 19 heavy (non-hydrogen) atoms. The van der Waals surface area contributed by atoms with Crippen molar-refractivity contribution in [2.45, 2.75) is 47.0 Å². The highest BCUT2D eigenvalue weighted by molar-refractivity contribution is 5.84. The summed E-state index contributed by atoms with van der Waals surface area (Å²) < 4.78 is 5.32. The predicted octanol–water partition coefficient (Wildman–Crippen LogP) is 2.06. The summed E-state index contributed by atoms with van der Waals surface area (Å²) in [6.07, 6.45) is 2.09. The van der Waals surface area contributed by atoms with Crippen LogP contribution in [-0.2, 0) is 14.3 Å². The third kappa shape index (κ3) is 6.57. The minimum Gasteiger partial charge on any atom is -0.481 e. The van der Waals surface area contributed by atoms with Crippen LogP contribution in [0.1, 0.15) is 47.0 Å². The van der Waals surface area contributed by atoms with E-state index in [1.165, 1.54) is 0 Å². The van der Waals surface area contributed by atoms with E-state index in [0.29, 0.717) is 19.8 Å². The summed E-state index contributed by atoms with van der Waals surface area (Å²) in [5.41, 5.74) is -1.02. The fourth-order valence-corrected chi connectivity index (χ4v) is 1.53. The molecular weight excluding hydrogens is 246 g/mol. The second kappa shape index (κ2) is 8.91. The van der Waals surface area contributed by atoms with Gasteiger partial charge in [0.15, 0.2) is 0 Å². The minimum absolute atomic E-state index is 0.00500. The van der Waals surface area contributed by atoms with Gasteiger partial charge < -0.3 is 15.2 Å². The summed E-state index contributed by atoms with van der Waals surface area (Å²) in [7, 11) is 0. The summed E-state index contributed by atoms with van der Waals surface area (Å²) in [6.45, 7) is 8.92. The van der Waals surface area contributed by atoms with E-state index in [-0.39, 0.29) is 18.2 Å².